The molecule has 0 bridgehead atoms. The van der Waals surface area contributed by atoms with Crippen molar-refractivity contribution in [2.75, 3.05) is 10.6 Å². The smallest absolute Gasteiger partial charge is 0.294 e. The summed E-state index contributed by atoms with van der Waals surface area (Å²) in [5.74, 6) is -0.306. The number of rotatable bonds is 5. The Morgan fingerprint density at radius 1 is 0.867 bits per heavy atom. The van der Waals surface area contributed by atoms with E-state index in [1.807, 2.05) is 30.3 Å². The van der Waals surface area contributed by atoms with Crippen LogP contribution >= 0.6 is 15.9 Å². The van der Waals surface area contributed by atoms with Gasteiger partial charge in [-0.1, -0.05) is 41.6 Å². The van der Waals surface area contributed by atoms with Crippen molar-refractivity contribution in [3.8, 4) is 11.3 Å². The molecule has 7 nitrogen and oxygen atoms in total. The molecule has 0 unspecified atom stereocenters. The number of benzene rings is 2. The lowest BCUT2D eigenvalue weighted by atomic mass is 10.1. The van der Waals surface area contributed by atoms with Crippen LogP contribution in [0.1, 0.15) is 20.9 Å². The third-order valence-electron chi connectivity index (χ3n) is 4.16. The molecule has 0 aliphatic rings. The number of carbonyl (C=O) groups excluding carboxylic acids is 2. The summed E-state index contributed by atoms with van der Waals surface area (Å²) in [4.78, 5) is 29.1. The SMILES string of the molecule is O=C(Nc1ccc(Br)cn1)c1cccc(NC(=O)c2cc(-c3ccccc3)no2)c1. The Bertz CT molecular complexity index is 1190. The summed E-state index contributed by atoms with van der Waals surface area (Å²) in [6.07, 6.45) is 1.59. The number of aromatic nitrogens is 2. The van der Waals surface area contributed by atoms with Crippen LogP contribution in [0.2, 0.25) is 0 Å². The van der Waals surface area contributed by atoms with Crippen LogP contribution in [-0.4, -0.2) is 22.0 Å². The fourth-order valence-corrected chi connectivity index (χ4v) is 2.93. The Kier molecular flexibility index (Phi) is 5.67. The highest BCUT2D eigenvalue weighted by Gasteiger charge is 2.15. The predicted molar refractivity (Wildman–Crippen MR) is 116 cm³/mol. The molecule has 2 N–H and O–H groups in total. The number of hydrogen-bond donors (Lipinski definition) is 2. The summed E-state index contributed by atoms with van der Waals surface area (Å²) < 4.78 is 5.98. The van der Waals surface area contributed by atoms with Gasteiger partial charge in [0.2, 0.25) is 5.76 Å². The topological polar surface area (TPSA) is 97.1 Å². The Labute approximate surface area is 180 Å². The van der Waals surface area contributed by atoms with Crippen molar-refractivity contribution in [3.63, 3.8) is 0 Å². The first-order valence-electron chi connectivity index (χ1n) is 8.95. The van der Waals surface area contributed by atoms with Crippen LogP contribution < -0.4 is 10.6 Å². The number of halogens is 1. The van der Waals surface area contributed by atoms with Crippen molar-refractivity contribution in [1.29, 1.82) is 0 Å². The number of anilines is 2. The summed E-state index contributed by atoms with van der Waals surface area (Å²) in [7, 11) is 0. The highest BCUT2D eigenvalue weighted by Crippen LogP contribution is 2.20. The van der Waals surface area contributed by atoms with E-state index in [4.69, 9.17) is 4.52 Å². The molecule has 30 heavy (non-hydrogen) atoms. The Morgan fingerprint density at radius 2 is 1.70 bits per heavy atom. The van der Waals surface area contributed by atoms with Gasteiger partial charge in [0.05, 0.1) is 0 Å². The second-order valence-electron chi connectivity index (χ2n) is 6.29. The lowest BCUT2D eigenvalue weighted by molar-refractivity contribution is 0.0985. The third kappa shape index (κ3) is 4.61. The molecule has 0 saturated heterocycles. The van der Waals surface area contributed by atoms with Gasteiger partial charge >= 0.3 is 0 Å². The van der Waals surface area contributed by atoms with E-state index < -0.39 is 5.91 Å². The largest absolute Gasteiger partial charge is 0.350 e. The average molecular weight is 463 g/mol. The van der Waals surface area contributed by atoms with E-state index in [1.165, 1.54) is 0 Å². The molecule has 0 aliphatic heterocycles. The maximum absolute atomic E-state index is 12.5. The van der Waals surface area contributed by atoms with Crippen LogP contribution in [-0.2, 0) is 0 Å². The number of nitrogens with zero attached hydrogens (tertiary/aromatic N) is 2. The molecule has 2 aromatic heterocycles. The van der Waals surface area contributed by atoms with Gasteiger partial charge in [-0.25, -0.2) is 4.98 Å². The molecule has 148 valence electrons. The quantitative estimate of drug-likeness (QED) is 0.434. The minimum atomic E-state index is -0.461. The molecule has 0 radical (unpaired) electrons. The summed E-state index contributed by atoms with van der Waals surface area (Å²) in [5, 5.41) is 9.36. The summed E-state index contributed by atoms with van der Waals surface area (Å²) in [6, 6.07) is 21.0. The molecule has 0 fully saturated rings. The Hall–Kier alpha value is -3.78. The molecule has 2 amide bonds. The number of carbonyl (C=O) groups is 2. The van der Waals surface area contributed by atoms with Gasteiger partial charge in [-0.2, -0.15) is 0 Å². The van der Waals surface area contributed by atoms with Gasteiger partial charge in [-0.3, -0.25) is 9.59 Å². The van der Waals surface area contributed by atoms with Crippen molar-refractivity contribution >= 4 is 39.2 Å². The number of nitrogens with one attached hydrogen (secondary N) is 2. The first-order valence-corrected chi connectivity index (χ1v) is 9.74. The second kappa shape index (κ2) is 8.71. The van der Waals surface area contributed by atoms with Crippen LogP contribution in [0.5, 0.6) is 0 Å². The standard InChI is InChI=1S/C22H15BrN4O3/c23-16-9-10-20(24-13-16)26-21(28)15-7-4-8-17(11-15)25-22(29)19-12-18(27-30-19)14-5-2-1-3-6-14/h1-13H,(H,25,29)(H,24,26,28). The molecular weight excluding hydrogens is 448 g/mol. The summed E-state index contributed by atoms with van der Waals surface area (Å²) >= 11 is 3.30. The van der Waals surface area contributed by atoms with Crippen molar-refractivity contribution in [1.82, 2.24) is 10.1 Å². The van der Waals surface area contributed by atoms with Gasteiger partial charge in [-0.05, 0) is 46.3 Å². The Balaban J connectivity index is 1.45. The lowest BCUT2D eigenvalue weighted by Crippen LogP contribution is -2.14. The van der Waals surface area contributed by atoms with Gasteiger partial charge in [-0.15, -0.1) is 0 Å². The normalized spacial score (nSPS) is 10.4. The molecule has 0 aliphatic carbocycles. The first-order chi connectivity index (χ1) is 14.6. The minimum Gasteiger partial charge on any atom is -0.350 e. The molecule has 2 heterocycles. The zero-order valence-corrected chi connectivity index (χ0v) is 17.1. The van der Waals surface area contributed by atoms with E-state index in [0.717, 1.165) is 10.0 Å². The van der Waals surface area contributed by atoms with Gasteiger partial charge in [0, 0.05) is 33.6 Å². The fourth-order valence-electron chi connectivity index (χ4n) is 2.70. The molecule has 0 atom stereocenters. The minimum absolute atomic E-state index is 0.0720. The van der Waals surface area contributed by atoms with Crippen molar-refractivity contribution in [2.24, 2.45) is 0 Å². The van der Waals surface area contributed by atoms with Crippen molar-refractivity contribution in [2.45, 2.75) is 0 Å². The van der Waals surface area contributed by atoms with E-state index in [9.17, 15) is 9.59 Å². The molecule has 4 aromatic rings. The predicted octanol–water partition coefficient (Wildman–Crippen LogP) is 5.00. The van der Waals surface area contributed by atoms with Crippen LogP contribution in [0.3, 0.4) is 0 Å². The van der Waals surface area contributed by atoms with Crippen LogP contribution in [0.25, 0.3) is 11.3 Å². The van der Waals surface area contributed by atoms with E-state index in [0.29, 0.717) is 22.8 Å². The fraction of sp³-hybridized carbons (Fsp3) is 0. The number of hydrogen-bond acceptors (Lipinski definition) is 5. The van der Waals surface area contributed by atoms with E-state index in [2.05, 4.69) is 36.7 Å². The first kappa shape index (κ1) is 19.5. The van der Waals surface area contributed by atoms with Gasteiger partial charge in [0.15, 0.2) is 0 Å². The van der Waals surface area contributed by atoms with E-state index >= 15 is 0 Å². The zero-order valence-electron chi connectivity index (χ0n) is 15.5. The monoisotopic (exact) mass is 462 g/mol. The molecule has 4 rings (SSSR count). The third-order valence-corrected chi connectivity index (χ3v) is 4.62. The van der Waals surface area contributed by atoms with Crippen molar-refractivity contribution in [3.05, 3.63) is 94.8 Å². The maximum Gasteiger partial charge on any atom is 0.294 e. The van der Waals surface area contributed by atoms with Crippen molar-refractivity contribution < 1.29 is 14.1 Å². The van der Waals surface area contributed by atoms with E-state index in [1.54, 1.807) is 48.7 Å². The molecule has 2 aromatic carbocycles. The zero-order chi connectivity index (χ0) is 20.9. The summed E-state index contributed by atoms with van der Waals surface area (Å²) in [5.41, 5.74) is 2.24. The molecule has 0 spiro atoms. The molecular formula is C22H15BrN4O3. The van der Waals surface area contributed by atoms with Gasteiger partial charge < -0.3 is 15.2 Å². The van der Waals surface area contributed by atoms with Crippen LogP contribution in [0, 0.1) is 0 Å². The average Bonchev–Trinajstić information content (AvgIpc) is 3.27. The molecule has 8 heteroatoms. The second-order valence-corrected chi connectivity index (χ2v) is 7.21. The maximum atomic E-state index is 12.5. The highest BCUT2D eigenvalue weighted by atomic mass is 79.9. The van der Waals surface area contributed by atoms with E-state index in [-0.39, 0.29) is 11.7 Å². The number of pyridine rings is 1. The Morgan fingerprint density at radius 3 is 2.47 bits per heavy atom. The molecule has 0 saturated carbocycles. The summed E-state index contributed by atoms with van der Waals surface area (Å²) in [6.45, 7) is 0. The van der Waals surface area contributed by atoms with Gasteiger partial charge in [0.25, 0.3) is 11.8 Å². The number of amides is 2. The highest BCUT2D eigenvalue weighted by molar-refractivity contribution is 9.10. The van der Waals surface area contributed by atoms with Crippen LogP contribution in [0.4, 0.5) is 11.5 Å². The van der Waals surface area contributed by atoms with Crippen LogP contribution in [0.15, 0.2) is 88.0 Å². The van der Waals surface area contributed by atoms with Gasteiger partial charge in [0.1, 0.15) is 11.5 Å². The lowest BCUT2D eigenvalue weighted by Gasteiger charge is -2.07.